The first-order valence-electron chi connectivity index (χ1n) is 26.8. The summed E-state index contributed by atoms with van der Waals surface area (Å²) < 4.78 is 130. The van der Waals surface area contributed by atoms with Crippen LogP contribution in [0.2, 0.25) is 0 Å². The van der Waals surface area contributed by atoms with Gasteiger partial charge in [0.1, 0.15) is 11.2 Å². The quantitative estimate of drug-likeness (QED) is 0.157. The third-order valence-electron chi connectivity index (χ3n) is 11.5. The maximum Gasteiger partial charge on any atom is 0.164 e. The summed E-state index contributed by atoms with van der Waals surface area (Å²) in [4.78, 5) is 13.8. The first-order valence-corrected chi connectivity index (χ1v) is 19.8. The van der Waals surface area contributed by atoms with Crippen LogP contribution >= 0.6 is 0 Å². The summed E-state index contributed by atoms with van der Waals surface area (Å²) in [6, 6.07) is 30.7. The number of rotatable bonds is 6. The maximum atomic E-state index is 9.22. The molecule has 5 heteroatoms. The minimum Gasteiger partial charge on any atom is -0.456 e. The van der Waals surface area contributed by atoms with E-state index in [2.05, 4.69) is 92.3 Å². The highest BCUT2D eigenvalue weighted by Crippen LogP contribution is 2.48. The maximum absolute atomic E-state index is 9.22. The van der Waals surface area contributed by atoms with Crippen LogP contribution in [0.1, 0.15) is 19.2 Å². The summed E-state index contributed by atoms with van der Waals surface area (Å²) in [5.41, 5.74) is 4.21. The molecule has 10 aromatic carbocycles. The van der Waals surface area contributed by atoms with Crippen molar-refractivity contribution in [3.05, 3.63) is 206 Å². The second-order valence-corrected chi connectivity index (χ2v) is 14.8. The largest absolute Gasteiger partial charge is 0.456 e. The Morgan fingerprint density at radius 3 is 1.71 bits per heavy atom. The Labute approximate surface area is 375 Å². The summed E-state index contributed by atoms with van der Waals surface area (Å²) >= 11 is 0. The Morgan fingerprint density at radius 2 is 0.968 bits per heavy atom. The summed E-state index contributed by atoms with van der Waals surface area (Å²) in [5.74, 6) is -1.05. The molecule has 0 spiro atoms. The molecule has 0 saturated heterocycles. The van der Waals surface area contributed by atoms with E-state index >= 15 is 0 Å². The van der Waals surface area contributed by atoms with Crippen molar-refractivity contribution < 1.29 is 23.6 Å². The third kappa shape index (κ3) is 5.25. The monoisotopic (exact) mass is 804 g/mol. The topological polar surface area (TPSA) is 56.7 Å². The zero-order chi connectivity index (χ0) is 52.9. The predicted octanol–water partition coefficient (Wildman–Crippen LogP) is 14.9. The molecule has 13 aromatic rings. The van der Waals surface area contributed by atoms with Crippen LogP contribution in [0, 0.1) is 0 Å². The highest BCUT2D eigenvalue weighted by molar-refractivity contribution is 6.36. The molecule has 13 rings (SSSR count). The fraction of sp³-hybridized carbons (Fsp3) is 0. The van der Waals surface area contributed by atoms with Crippen molar-refractivity contribution in [3.63, 3.8) is 0 Å². The minimum atomic E-state index is -0.765. The van der Waals surface area contributed by atoms with E-state index in [1.807, 2.05) is 36.4 Å². The van der Waals surface area contributed by atoms with Crippen LogP contribution in [-0.4, -0.2) is 19.5 Å². The predicted molar refractivity (Wildman–Crippen MR) is 255 cm³/mol. The van der Waals surface area contributed by atoms with Gasteiger partial charge in [0.25, 0.3) is 0 Å². The number of fused-ring (bicyclic) bond motifs is 6. The molecule has 0 fully saturated rings. The van der Waals surface area contributed by atoms with Gasteiger partial charge in [0.2, 0.25) is 0 Å². The molecule has 0 radical (unpaired) electrons. The Kier molecular flexibility index (Phi) is 5.12. The highest BCUT2D eigenvalue weighted by atomic mass is 16.3. The molecule has 0 aliphatic carbocycles. The zero-order valence-electron chi connectivity index (χ0n) is 46.2. The van der Waals surface area contributed by atoms with Gasteiger partial charge < -0.3 is 8.98 Å². The number of hydrogen-bond acceptors (Lipinski definition) is 4. The Morgan fingerprint density at radius 1 is 0.387 bits per heavy atom. The van der Waals surface area contributed by atoms with Crippen LogP contribution in [0.4, 0.5) is 0 Å². The van der Waals surface area contributed by atoms with Gasteiger partial charge in [-0.15, -0.1) is 0 Å². The molecule has 0 aliphatic rings. The molecule has 0 unspecified atom stereocenters. The molecule has 0 saturated carbocycles. The molecular formula is C57H34N4O. The lowest BCUT2D eigenvalue weighted by molar-refractivity contribution is 0.669. The van der Waals surface area contributed by atoms with Crippen LogP contribution in [0.15, 0.2) is 210 Å². The number of nitrogens with zero attached hydrogens (tertiary/aromatic N) is 4. The first kappa shape index (κ1) is 23.4. The Bertz CT molecular complexity index is 4620. The normalized spacial score (nSPS) is 15.0. The fourth-order valence-electron chi connectivity index (χ4n) is 8.85. The van der Waals surface area contributed by atoms with Gasteiger partial charge in [-0.05, 0) is 74.6 Å². The molecule has 0 amide bonds. The van der Waals surface area contributed by atoms with Crippen molar-refractivity contribution >= 4 is 65.3 Å². The SMILES string of the molecule is [2H]c1c([2H])c([2H])c(-c2nc(-c3ccc4c(c3)oc3cccc(-c5ccc6c7ccccc7c7cccc8c7c6c5n8-c5ccccc5)c34)nc(-c3c([2H])c([2H])c(-c4c([2H])c([2H])c([2H])c([2H])c4[2H])c([2H])c3[2H])n2)c([2H])c1[2H]. The van der Waals surface area contributed by atoms with Gasteiger partial charge in [-0.1, -0.05) is 170 Å². The van der Waals surface area contributed by atoms with Gasteiger partial charge in [-0.2, -0.15) is 0 Å². The first-order chi connectivity index (χ1) is 36.6. The molecule has 288 valence electrons. The smallest absolute Gasteiger partial charge is 0.164 e. The molecule has 0 atom stereocenters. The Hall–Kier alpha value is -8.41. The molecular weight excluding hydrogens is 757 g/mol. The lowest BCUT2D eigenvalue weighted by atomic mass is 9.91. The van der Waals surface area contributed by atoms with Crippen molar-refractivity contribution in [1.82, 2.24) is 19.5 Å². The second kappa shape index (κ2) is 13.6. The summed E-state index contributed by atoms with van der Waals surface area (Å²) in [7, 11) is 0. The van der Waals surface area contributed by atoms with E-state index < -0.39 is 118 Å². The van der Waals surface area contributed by atoms with Crippen LogP contribution < -0.4 is 0 Å². The van der Waals surface area contributed by atoms with Crippen molar-refractivity contribution in [3.8, 4) is 62.1 Å². The van der Waals surface area contributed by atoms with Gasteiger partial charge in [0.15, 0.2) is 17.5 Å². The minimum absolute atomic E-state index is 0.142. The van der Waals surface area contributed by atoms with E-state index in [0.29, 0.717) is 16.7 Å². The fourth-order valence-corrected chi connectivity index (χ4v) is 8.85. The molecule has 0 bridgehead atoms. The zero-order valence-corrected chi connectivity index (χ0v) is 32.2. The highest BCUT2D eigenvalue weighted by Gasteiger charge is 2.24. The van der Waals surface area contributed by atoms with Gasteiger partial charge in [0.05, 0.1) is 30.2 Å². The Balaban J connectivity index is 1.04. The average Bonchev–Trinajstić information content (AvgIpc) is 4.08. The van der Waals surface area contributed by atoms with Crippen LogP contribution in [0.25, 0.3) is 127 Å². The van der Waals surface area contributed by atoms with Crippen LogP contribution in [0.3, 0.4) is 0 Å². The summed E-state index contributed by atoms with van der Waals surface area (Å²) in [6.07, 6.45) is 0. The number of benzene rings is 10. The third-order valence-corrected chi connectivity index (χ3v) is 11.5. The van der Waals surface area contributed by atoms with E-state index in [4.69, 9.17) is 20.9 Å². The van der Waals surface area contributed by atoms with Gasteiger partial charge in [-0.25, -0.2) is 15.0 Å². The molecule has 3 heterocycles. The number of furan rings is 1. The van der Waals surface area contributed by atoms with E-state index in [1.165, 1.54) is 0 Å². The molecule has 5 nitrogen and oxygen atoms in total. The average molecular weight is 805 g/mol. The summed E-state index contributed by atoms with van der Waals surface area (Å²) in [5, 5.41) is 8.42. The molecule has 62 heavy (non-hydrogen) atoms. The van der Waals surface area contributed by atoms with E-state index in [9.17, 15) is 2.74 Å². The molecule has 0 aliphatic heterocycles. The van der Waals surface area contributed by atoms with E-state index in [0.717, 1.165) is 70.9 Å². The van der Waals surface area contributed by atoms with Gasteiger partial charge >= 0.3 is 0 Å². The van der Waals surface area contributed by atoms with Gasteiger partial charge in [-0.3, -0.25) is 0 Å². The van der Waals surface area contributed by atoms with Crippen LogP contribution in [0.5, 0.6) is 0 Å². The number of aromatic nitrogens is 4. The van der Waals surface area contributed by atoms with Crippen molar-refractivity contribution in [2.75, 3.05) is 0 Å². The summed E-state index contributed by atoms with van der Waals surface area (Å²) in [6.45, 7) is 0. The van der Waals surface area contributed by atoms with E-state index in [1.54, 1.807) is 12.1 Å². The van der Waals surface area contributed by atoms with Crippen LogP contribution in [-0.2, 0) is 0 Å². The molecule has 0 N–H and O–H groups in total. The van der Waals surface area contributed by atoms with Crippen molar-refractivity contribution in [2.24, 2.45) is 0 Å². The standard InChI is InChI=1S/C57H34N4O/c1-4-14-35(15-5-1)36-26-28-38(29-27-36)56-58-55(37-16-6-2-7-17-37)59-57(60-56)39-30-31-47-50(34-39)62-49-25-13-23-44(51(47)49)46-33-32-45-42-21-11-10-20-41(42)43-22-12-24-48-52(43)53(45)54(46)61(48)40-18-8-3-9-19-40/h1-34H/i1D,2D,4D,5D,6D,7D,14D,15D,16D,17D,26D,27D,28D,29D. The lowest BCUT2D eigenvalue weighted by Gasteiger charge is -2.14. The van der Waals surface area contributed by atoms with Crippen molar-refractivity contribution in [2.45, 2.75) is 0 Å². The van der Waals surface area contributed by atoms with Crippen molar-refractivity contribution in [1.29, 1.82) is 0 Å². The van der Waals surface area contributed by atoms with Gasteiger partial charge in [0, 0.05) is 49.5 Å². The second-order valence-electron chi connectivity index (χ2n) is 14.8. The molecule has 3 aromatic heterocycles. The number of para-hydroxylation sites is 1. The number of hydrogen-bond donors (Lipinski definition) is 0. The van der Waals surface area contributed by atoms with E-state index in [-0.39, 0.29) is 5.82 Å². The lowest BCUT2D eigenvalue weighted by Crippen LogP contribution is -2.00.